The van der Waals surface area contributed by atoms with Crippen molar-refractivity contribution in [3.63, 3.8) is 0 Å². The van der Waals surface area contributed by atoms with E-state index in [1.54, 1.807) is 0 Å². The lowest BCUT2D eigenvalue weighted by Gasteiger charge is -2.37. The molecular weight excluding hydrogens is 230 g/mol. The monoisotopic (exact) mass is 257 g/mol. The fourth-order valence-electron chi connectivity index (χ4n) is 3.34. The maximum absolute atomic E-state index is 5.80. The van der Waals surface area contributed by atoms with Gasteiger partial charge in [-0.3, -0.25) is 0 Å². The van der Waals surface area contributed by atoms with Crippen LogP contribution in [0.3, 0.4) is 0 Å². The first-order valence-electron chi connectivity index (χ1n) is 7.11. The van der Waals surface area contributed by atoms with Crippen LogP contribution >= 0.6 is 11.8 Å². The largest absolute Gasteiger partial charge is 0.375 e. The Balaban J connectivity index is 1.74. The molecule has 0 aromatic rings. The van der Waals surface area contributed by atoms with E-state index in [4.69, 9.17) is 4.74 Å². The van der Waals surface area contributed by atoms with Crippen LogP contribution in [0.1, 0.15) is 52.4 Å². The molecular formula is C14H27NOS. The van der Waals surface area contributed by atoms with Gasteiger partial charge in [-0.2, -0.15) is 11.8 Å². The fourth-order valence-corrected chi connectivity index (χ4v) is 4.08. The minimum absolute atomic E-state index is 0.429. The normalized spacial score (nSPS) is 43.6. The number of hydrogen-bond donors (Lipinski definition) is 1. The third-order valence-corrected chi connectivity index (χ3v) is 5.31. The van der Waals surface area contributed by atoms with Gasteiger partial charge < -0.3 is 10.1 Å². The summed E-state index contributed by atoms with van der Waals surface area (Å²) in [6.07, 6.45) is 11.0. The van der Waals surface area contributed by atoms with Gasteiger partial charge in [0.25, 0.3) is 0 Å². The Morgan fingerprint density at radius 2 is 1.53 bits per heavy atom. The van der Waals surface area contributed by atoms with Crippen LogP contribution in [0, 0.1) is 0 Å². The summed E-state index contributed by atoms with van der Waals surface area (Å²) >= 11 is 2.05. The van der Waals surface area contributed by atoms with Gasteiger partial charge in [0.1, 0.15) is 0 Å². The van der Waals surface area contributed by atoms with E-state index in [9.17, 15) is 0 Å². The summed E-state index contributed by atoms with van der Waals surface area (Å²) in [5.41, 5.74) is 0. The molecule has 2 rings (SSSR count). The Labute approximate surface area is 110 Å². The lowest BCUT2D eigenvalue weighted by atomic mass is 9.92. The summed E-state index contributed by atoms with van der Waals surface area (Å²) < 4.78 is 5.80. The van der Waals surface area contributed by atoms with Crippen molar-refractivity contribution in [3.05, 3.63) is 0 Å². The molecule has 1 aliphatic heterocycles. The minimum Gasteiger partial charge on any atom is -0.375 e. The minimum atomic E-state index is 0.429. The predicted molar refractivity (Wildman–Crippen MR) is 75.7 cm³/mol. The molecule has 17 heavy (non-hydrogen) atoms. The van der Waals surface area contributed by atoms with E-state index >= 15 is 0 Å². The van der Waals surface area contributed by atoms with Crippen LogP contribution < -0.4 is 5.32 Å². The molecule has 0 spiro atoms. The van der Waals surface area contributed by atoms with Crippen molar-refractivity contribution in [1.82, 2.24) is 5.32 Å². The molecule has 3 heteroatoms. The van der Waals surface area contributed by atoms with E-state index in [2.05, 4.69) is 25.4 Å². The number of thioether (sulfide) groups is 1. The van der Waals surface area contributed by atoms with Crippen molar-refractivity contribution in [3.8, 4) is 0 Å². The van der Waals surface area contributed by atoms with Crippen molar-refractivity contribution >= 4 is 11.8 Å². The molecule has 0 radical (unpaired) electrons. The Morgan fingerprint density at radius 3 is 2.06 bits per heavy atom. The Kier molecular flexibility index (Phi) is 5.19. The topological polar surface area (TPSA) is 21.3 Å². The molecule has 0 bridgehead atoms. The van der Waals surface area contributed by atoms with Crippen molar-refractivity contribution in [2.45, 2.75) is 81.9 Å². The first kappa shape index (κ1) is 13.7. The van der Waals surface area contributed by atoms with Gasteiger partial charge in [0.05, 0.1) is 12.2 Å². The van der Waals surface area contributed by atoms with Gasteiger partial charge in [0.2, 0.25) is 0 Å². The van der Waals surface area contributed by atoms with Gasteiger partial charge in [-0.25, -0.2) is 0 Å². The highest BCUT2D eigenvalue weighted by atomic mass is 32.2. The van der Waals surface area contributed by atoms with Crippen LogP contribution in [0.2, 0.25) is 0 Å². The van der Waals surface area contributed by atoms with Gasteiger partial charge in [-0.05, 0) is 58.6 Å². The molecule has 1 saturated heterocycles. The lowest BCUT2D eigenvalue weighted by molar-refractivity contribution is -0.0440. The number of rotatable bonds is 3. The summed E-state index contributed by atoms with van der Waals surface area (Å²) in [6.45, 7) is 4.41. The van der Waals surface area contributed by atoms with E-state index in [-0.39, 0.29) is 0 Å². The standard InChI is InChI=1S/C14H27NOS/c1-10-8-13(9-11(2)16-10)15-12-4-6-14(17-3)7-5-12/h10-15H,4-9H2,1-3H3. The molecule has 1 N–H and O–H groups in total. The second-order valence-corrected chi connectivity index (χ2v) is 6.94. The second kappa shape index (κ2) is 6.44. The van der Waals surface area contributed by atoms with Crippen molar-refractivity contribution in [2.24, 2.45) is 0 Å². The molecule has 2 unspecified atom stereocenters. The van der Waals surface area contributed by atoms with Crippen LogP contribution in [0.4, 0.5) is 0 Å². The lowest BCUT2D eigenvalue weighted by Crippen LogP contribution is -2.46. The average Bonchev–Trinajstić information content (AvgIpc) is 2.28. The zero-order valence-electron chi connectivity index (χ0n) is 11.4. The highest BCUT2D eigenvalue weighted by molar-refractivity contribution is 7.99. The average molecular weight is 257 g/mol. The quantitative estimate of drug-likeness (QED) is 0.839. The van der Waals surface area contributed by atoms with Crippen LogP contribution in [-0.4, -0.2) is 35.8 Å². The molecule has 2 fully saturated rings. The molecule has 2 atom stereocenters. The van der Waals surface area contributed by atoms with Crippen LogP contribution in [0.5, 0.6) is 0 Å². The van der Waals surface area contributed by atoms with Crippen molar-refractivity contribution in [2.75, 3.05) is 6.26 Å². The summed E-state index contributed by atoms with van der Waals surface area (Å²) in [5.74, 6) is 0. The first-order chi connectivity index (χ1) is 8.17. The molecule has 100 valence electrons. The zero-order chi connectivity index (χ0) is 12.3. The van der Waals surface area contributed by atoms with Gasteiger partial charge in [-0.1, -0.05) is 0 Å². The van der Waals surface area contributed by atoms with Gasteiger partial charge >= 0.3 is 0 Å². The SMILES string of the molecule is CSC1CCC(NC2CC(C)OC(C)C2)CC1. The molecule has 2 aliphatic rings. The molecule has 1 saturated carbocycles. The summed E-state index contributed by atoms with van der Waals surface area (Å²) in [7, 11) is 0. The molecule has 2 nitrogen and oxygen atoms in total. The Bertz CT molecular complexity index is 218. The maximum Gasteiger partial charge on any atom is 0.0565 e. The van der Waals surface area contributed by atoms with E-state index in [0.717, 1.165) is 11.3 Å². The van der Waals surface area contributed by atoms with Gasteiger partial charge in [0, 0.05) is 17.3 Å². The van der Waals surface area contributed by atoms with Crippen LogP contribution in [0.15, 0.2) is 0 Å². The van der Waals surface area contributed by atoms with E-state index in [1.165, 1.54) is 38.5 Å². The summed E-state index contributed by atoms with van der Waals surface area (Å²) in [4.78, 5) is 0. The predicted octanol–water partition coefficient (Wildman–Crippen LogP) is 3.21. The van der Waals surface area contributed by atoms with Crippen LogP contribution in [-0.2, 0) is 4.74 Å². The molecule has 0 aromatic heterocycles. The Hall–Kier alpha value is 0.270. The van der Waals surface area contributed by atoms with Crippen LogP contribution in [0.25, 0.3) is 0 Å². The molecule has 0 amide bonds. The van der Waals surface area contributed by atoms with Gasteiger partial charge in [-0.15, -0.1) is 0 Å². The number of hydrogen-bond acceptors (Lipinski definition) is 3. The van der Waals surface area contributed by atoms with E-state index in [1.807, 2.05) is 11.8 Å². The third kappa shape index (κ3) is 4.15. The van der Waals surface area contributed by atoms with Gasteiger partial charge in [0.15, 0.2) is 0 Å². The summed E-state index contributed by atoms with van der Waals surface area (Å²) in [6, 6.07) is 1.45. The second-order valence-electron chi connectivity index (χ2n) is 5.80. The highest BCUT2D eigenvalue weighted by Gasteiger charge is 2.28. The smallest absolute Gasteiger partial charge is 0.0565 e. The van der Waals surface area contributed by atoms with E-state index in [0.29, 0.717) is 18.2 Å². The fraction of sp³-hybridized carbons (Fsp3) is 1.00. The molecule has 0 aromatic carbocycles. The summed E-state index contributed by atoms with van der Waals surface area (Å²) in [5, 5.41) is 4.79. The first-order valence-corrected chi connectivity index (χ1v) is 8.40. The van der Waals surface area contributed by atoms with Crippen molar-refractivity contribution < 1.29 is 4.74 Å². The number of ether oxygens (including phenoxy) is 1. The molecule has 1 aliphatic carbocycles. The Morgan fingerprint density at radius 1 is 0.941 bits per heavy atom. The van der Waals surface area contributed by atoms with E-state index < -0.39 is 0 Å². The maximum atomic E-state index is 5.80. The number of nitrogens with one attached hydrogen (secondary N) is 1. The zero-order valence-corrected chi connectivity index (χ0v) is 12.3. The highest BCUT2D eigenvalue weighted by Crippen LogP contribution is 2.28. The van der Waals surface area contributed by atoms with Crippen molar-refractivity contribution in [1.29, 1.82) is 0 Å². The molecule has 1 heterocycles. The third-order valence-electron chi connectivity index (χ3n) is 4.18.